The quantitative estimate of drug-likeness (QED) is 0.0210. The average molecular weight is 771 g/mol. The first kappa shape index (κ1) is 51.5. The Labute approximate surface area is 341 Å². The van der Waals surface area contributed by atoms with Gasteiger partial charge in [-0.05, 0) is 83.5 Å². The van der Waals surface area contributed by atoms with Crippen LogP contribution in [0.25, 0.3) is 0 Å². The van der Waals surface area contributed by atoms with Crippen LogP contribution >= 0.6 is 0 Å². The van der Waals surface area contributed by atoms with Crippen molar-refractivity contribution in [2.45, 2.75) is 149 Å². The molecule has 56 heavy (non-hydrogen) atoms. The van der Waals surface area contributed by atoms with Crippen LogP contribution in [0.3, 0.4) is 0 Å². The van der Waals surface area contributed by atoms with Gasteiger partial charge in [0, 0.05) is 12.8 Å². The predicted octanol–water partition coefficient (Wildman–Crippen LogP) is 13.6. The highest BCUT2D eigenvalue weighted by atomic mass is 16.6. The summed E-state index contributed by atoms with van der Waals surface area (Å²) in [6.07, 6.45) is 60.5. The molecule has 0 aromatic carbocycles. The Morgan fingerprint density at radius 1 is 0.393 bits per heavy atom. The molecule has 0 aromatic rings. The second kappa shape index (κ2) is 43.3. The number of hydrogen-bond donors (Lipinski definition) is 0. The minimum absolute atomic E-state index is 0.111. The van der Waals surface area contributed by atoms with E-state index in [2.05, 4.69) is 118 Å². The summed E-state index contributed by atoms with van der Waals surface area (Å²) in [7, 11) is 0. The van der Waals surface area contributed by atoms with Crippen LogP contribution in [0.15, 0.2) is 134 Å². The van der Waals surface area contributed by atoms with Crippen LogP contribution in [-0.2, 0) is 28.6 Å². The highest BCUT2D eigenvalue weighted by molar-refractivity contribution is 5.72. The smallest absolute Gasteiger partial charge is 0.309 e. The van der Waals surface area contributed by atoms with Crippen molar-refractivity contribution in [2.24, 2.45) is 0 Å². The summed E-state index contributed by atoms with van der Waals surface area (Å²) < 4.78 is 16.4. The Morgan fingerprint density at radius 3 is 1.39 bits per heavy atom. The molecular weight excluding hydrogens is 697 g/mol. The van der Waals surface area contributed by atoms with E-state index in [0.29, 0.717) is 6.42 Å². The molecule has 0 heterocycles. The fourth-order valence-corrected chi connectivity index (χ4v) is 4.90. The number of hydrogen-bond acceptors (Lipinski definition) is 6. The van der Waals surface area contributed by atoms with Gasteiger partial charge < -0.3 is 14.2 Å². The van der Waals surface area contributed by atoms with E-state index in [1.54, 1.807) is 6.08 Å². The van der Waals surface area contributed by atoms with Crippen molar-refractivity contribution in [3.63, 3.8) is 0 Å². The van der Waals surface area contributed by atoms with E-state index >= 15 is 0 Å². The van der Waals surface area contributed by atoms with E-state index in [9.17, 15) is 14.4 Å². The molecule has 0 saturated heterocycles. The van der Waals surface area contributed by atoms with E-state index in [0.717, 1.165) is 96.3 Å². The SMILES string of the molecule is CC\C=C/C=C\C=C/CCCCCCCC(=O)OC(COC(=O)C/C=C\C/C=C\C/C=C\CC)COC(=O)CC/C=C\C/C=C\C/C=C\C/C=C\C/C=C\CC. The van der Waals surface area contributed by atoms with Crippen LogP contribution in [0.4, 0.5) is 0 Å². The summed E-state index contributed by atoms with van der Waals surface area (Å²) >= 11 is 0. The molecule has 0 amide bonds. The minimum atomic E-state index is -0.856. The van der Waals surface area contributed by atoms with Gasteiger partial charge in [-0.1, -0.05) is 174 Å². The van der Waals surface area contributed by atoms with Gasteiger partial charge in [0.05, 0.1) is 6.42 Å². The van der Waals surface area contributed by atoms with Gasteiger partial charge in [-0.2, -0.15) is 0 Å². The van der Waals surface area contributed by atoms with Crippen molar-refractivity contribution in [2.75, 3.05) is 13.2 Å². The first-order valence-corrected chi connectivity index (χ1v) is 21.2. The molecule has 0 aliphatic carbocycles. The summed E-state index contributed by atoms with van der Waals surface area (Å²) in [5, 5.41) is 0. The Balaban J connectivity index is 4.62. The third-order valence-corrected chi connectivity index (χ3v) is 7.99. The zero-order valence-corrected chi connectivity index (χ0v) is 35.1. The average Bonchev–Trinajstić information content (AvgIpc) is 3.19. The normalized spacial score (nSPS) is 13.4. The topological polar surface area (TPSA) is 78.9 Å². The highest BCUT2D eigenvalue weighted by Crippen LogP contribution is 2.10. The molecule has 1 unspecified atom stereocenters. The maximum absolute atomic E-state index is 12.7. The van der Waals surface area contributed by atoms with Crippen molar-refractivity contribution in [1.82, 2.24) is 0 Å². The molecule has 0 aromatic heterocycles. The predicted molar refractivity (Wildman–Crippen MR) is 237 cm³/mol. The number of carbonyl (C=O) groups is 3. The second-order valence-corrected chi connectivity index (χ2v) is 13.2. The number of carbonyl (C=O) groups excluding carboxylic acids is 3. The molecule has 0 bridgehead atoms. The zero-order valence-electron chi connectivity index (χ0n) is 35.1. The fraction of sp³-hybridized carbons (Fsp3) is 0.500. The van der Waals surface area contributed by atoms with E-state index in [1.165, 1.54) is 0 Å². The second-order valence-electron chi connectivity index (χ2n) is 13.2. The number of rotatable bonds is 35. The Bertz CT molecular complexity index is 1300. The van der Waals surface area contributed by atoms with Gasteiger partial charge in [0.1, 0.15) is 13.2 Å². The van der Waals surface area contributed by atoms with E-state index in [-0.39, 0.29) is 38.4 Å². The van der Waals surface area contributed by atoms with E-state index in [4.69, 9.17) is 14.2 Å². The molecule has 6 nitrogen and oxygen atoms in total. The van der Waals surface area contributed by atoms with Crippen LogP contribution in [0, 0.1) is 0 Å². The summed E-state index contributed by atoms with van der Waals surface area (Å²) in [4.78, 5) is 37.5. The number of unbranched alkanes of at least 4 members (excludes halogenated alkanes) is 5. The van der Waals surface area contributed by atoms with Crippen LogP contribution in [0.2, 0.25) is 0 Å². The molecule has 0 fully saturated rings. The lowest BCUT2D eigenvalue weighted by Crippen LogP contribution is -2.30. The van der Waals surface area contributed by atoms with Gasteiger partial charge in [-0.3, -0.25) is 14.4 Å². The van der Waals surface area contributed by atoms with Crippen LogP contribution in [-0.4, -0.2) is 37.2 Å². The molecule has 0 aliphatic heterocycles. The molecule has 1 atom stereocenters. The maximum atomic E-state index is 12.7. The number of ether oxygens (including phenoxy) is 3. The molecule has 310 valence electrons. The van der Waals surface area contributed by atoms with E-state index < -0.39 is 18.0 Å². The molecule has 0 aliphatic rings. The van der Waals surface area contributed by atoms with E-state index in [1.807, 2.05) is 30.4 Å². The third kappa shape index (κ3) is 40.7. The Kier molecular flexibility index (Phi) is 39.8. The van der Waals surface area contributed by atoms with Crippen LogP contribution in [0.5, 0.6) is 0 Å². The van der Waals surface area contributed by atoms with Gasteiger partial charge >= 0.3 is 17.9 Å². The summed E-state index contributed by atoms with van der Waals surface area (Å²) in [5.41, 5.74) is 0. The fourth-order valence-electron chi connectivity index (χ4n) is 4.90. The van der Waals surface area contributed by atoms with Gasteiger partial charge in [0.15, 0.2) is 6.10 Å². The Morgan fingerprint density at radius 2 is 0.839 bits per heavy atom. The van der Waals surface area contributed by atoms with Crippen molar-refractivity contribution in [3.8, 4) is 0 Å². The molecule has 0 spiro atoms. The number of esters is 3. The van der Waals surface area contributed by atoms with Crippen molar-refractivity contribution >= 4 is 17.9 Å². The lowest BCUT2D eigenvalue weighted by molar-refractivity contribution is -0.166. The monoisotopic (exact) mass is 771 g/mol. The molecular formula is C50H74O6. The van der Waals surface area contributed by atoms with Gasteiger partial charge in [0.2, 0.25) is 0 Å². The summed E-state index contributed by atoms with van der Waals surface area (Å²) in [6.45, 7) is 6.04. The van der Waals surface area contributed by atoms with Crippen LogP contribution in [0.1, 0.15) is 143 Å². The van der Waals surface area contributed by atoms with Crippen molar-refractivity contribution in [3.05, 3.63) is 134 Å². The molecule has 6 heteroatoms. The first-order valence-electron chi connectivity index (χ1n) is 21.2. The zero-order chi connectivity index (χ0) is 40.8. The molecule has 0 radical (unpaired) electrons. The summed E-state index contributed by atoms with van der Waals surface area (Å²) in [6, 6.07) is 0. The molecule has 0 rings (SSSR count). The molecule has 0 saturated carbocycles. The minimum Gasteiger partial charge on any atom is -0.462 e. The Hall–Kier alpha value is -4.45. The van der Waals surface area contributed by atoms with Gasteiger partial charge in [-0.15, -0.1) is 0 Å². The van der Waals surface area contributed by atoms with Crippen molar-refractivity contribution in [1.29, 1.82) is 0 Å². The summed E-state index contributed by atoms with van der Waals surface area (Å²) in [5.74, 6) is -1.20. The standard InChI is InChI=1S/C50H74O6/c1-4-7-10-13-16-19-21-23-24-25-27-28-31-34-37-40-43-49(52)55-46-47(45-54-48(51)42-39-36-33-30-18-15-12-9-6-3)56-50(53)44-41-38-35-32-29-26-22-20-17-14-11-8-5-2/h7-12,14,16-20,22-24,27-28,30,34,36-37,39,47H,4-6,13,15,21,25-26,29,31-33,35,38,40-46H2,1-3H3/b10-7-,11-8-,12-9-,17-14-,19-16-,22-20-,24-23-,28-27-,30-18-,37-34-,39-36-. The lowest BCUT2D eigenvalue weighted by atomic mass is 10.1. The van der Waals surface area contributed by atoms with Crippen molar-refractivity contribution < 1.29 is 28.6 Å². The molecule has 0 N–H and O–H groups in total. The number of allylic oxidation sites excluding steroid dienone is 21. The largest absolute Gasteiger partial charge is 0.462 e. The highest BCUT2D eigenvalue weighted by Gasteiger charge is 2.19. The van der Waals surface area contributed by atoms with Crippen LogP contribution < -0.4 is 0 Å². The first-order chi connectivity index (χ1) is 27.5. The maximum Gasteiger partial charge on any atom is 0.309 e. The van der Waals surface area contributed by atoms with Gasteiger partial charge in [-0.25, -0.2) is 0 Å². The van der Waals surface area contributed by atoms with Gasteiger partial charge in [0.25, 0.3) is 0 Å². The lowest BCUT2D eigenvalue weighted by Gasteiger charge is -2.18. The third-order valence-electron chi connectivity index (χ3n) is 7.99.